The number of unbranched alkanes of at least 4 members (excludes halogenated alkanes) is 1. The van der Waals surface area contributed by atoms with Gasteiger partial charge in [-0.25, -0.2) is 4.79 Å². The van der Waals surface area contributed by atoms with Gasteiger partial charge in [0.25, 0.3) is 5.56 Å². The molecule has 7 nitrogen and oxygen atoms in total. The van der Waals surface area contributed by atoms with Crippen LogP contribution in [0.5, 0.6) is 5.75 Å². The highest BCUT2D eigenvalue weighted by atomic mass is 35.5. The molecular weight excluding hydrogens is 402 g/mol. The molecule has 0 radical (unpaired) electrons. The minimum absolute atomic E-state index is 0.228. The van der Waals surface area contributed by atoms with E-state index >= 15 is 0 Å². The van der Waals surface area contributed by atoms with Crippen molar-refractivity contribution >= 4 is 44.7 Å². The maximum Gasteiger partial charge on any atom is 0.332 e. The molecule has 0 aliphatic carbocycles. The number of benzene rings is 1. The Bertz CT molecular complexity index is 1130. The Labute approximate surface area is 170 Å². The third kappa shape index (κ3) is 3.98. The molecule has 2 heterocycles. The van der Waals surface area contributed by atoms with Crippen LogP contribution in [0.15, 0.2) is 39.2 Å². The fraction of sp³-hybridized carbons (Fsp3) is 0.316. The Morgan fingerprint density at radius 1 is 1.25 bits per heavy atom. The van der Waals surface area contributed by atoms with Crippen molar-refractivity contribution in [2.75, 3.05) is 12.4 Å². The van der Waals surface area contributed by atoms with Crippen LogP contribution in [-0.2, 0) is 17.9 Å². The first-order valence-electron chi connectivity index (χ1n) is 8.80. The molecule has 0 unspecified atom stereocenters. The number of carbonyl (C=O) groups is 1. The number of methoxy groups -OCH3 is 1. The van der Waals surface area contributed by atoms with E-state index in [0.717, 1.165) is 6.42 Å². The number of aromatic nitrogens is 2. The van der Waals surface area contributed by atoms with Gasteiger partial charge >= 0.3 is 5.69 Å². The van der Waals surface area contributed by atoms with E-state index in [1.54, 1.807) is 29.6 Å². The highest BCUT2D eigenvalue weighted by Gasteiger charge is 2.17. The van der Waals surface area contributed by atoms with E-state index in [2.05, 4.69) is 5.32 Å². The first kappa shape index (κ1) is 20.2. The third-order valence-electron chi connectivity index (χ3n) is 4.31. The molecule has 0 aliphatic heterocycles. The van der Waals surface area contributed by atoms with Gasteiger partial charge in [-0.2, -0.15) is 0 Å². The number of nitrogens with zero attached hydrogens (tertiary/aromatic N) is 2. The molecule has 1 N–H and O–H groups in total. The molecule has 3 aromatic rings. The highest BCUT2D eigenvalue weighted by Crippen LogP contribution is 2.27. The van der Waals surface area contributed by atoms with Gasteiger partial charge in [0.1, 0.15) is 17.0 Å². The Balaban J connectivity index is 1.97. The highest BCUT2D eigenvalue weighted by molar-refractivity contribution is 7.17. The van der Waals surface area contributed by atoms with Crippen molar-refractivity contribution in [3.05, 3.63) is 55.5 Å². The van der Waals surface area contributed by atoms with Crippen LogP contribution in [0.1, 0.15) is 19.8 Å². The second-order valence-electron chi connectivity index (χ2n) is 6.21. The van der Waals surface area contributed by atoms with E-state index in [9.17, 15) is 14.4 Å². The van der Waals surface area contributed by atoms with Gasteiger partial charge in [-0.3, -0.25) is 18.7 Å². The molecule has 0 fully saturated rings. The molecule has 1 aromatic carbocycles. The SMILES string of the molecule is CCCCn1c(=O)c2sccc2n(CC(=O)Nc2cc(Cl)ccc2OC)c1=O. The maximum atomic E-state index is 12.9. The quantitative estimate of drug-likeness (QED) is 0.634. The van der Waals surface area contributed by atoms with Crippen LogP contribution in [0.25, 0.3) is 10.2 Å². The van der Waals surface area contributed by atoms with Crippen molar-refractivity contribution in [3.63, 3.8) is 0 Å². The molecule has 0 bridgehead atoms. The average Bonchev–Trinajstić information content (AvgIpc) is 3.15. The number of rotatable bonds is 7. The maximum absolute atomic E-state index is 12.9. The van der Waals surface area contributed by atoms with E-state index < -0.39 is 11.6 Å². The normalized spacial score (nSPS) is 11.0. The summed E-state index contributed by atoms with van der Waals surface area (Å²) < 4.78 is 8.22. The summed E-state index contributed by atoms with van der Waals surface area (Å²) in [6.07, 6.45) is 1.56. The fourth-order valence-corrected chi connectivity index (χ4v) is 3.93. The predicted octanol–water partition coefficient (Wildman–Crippen LogP) is 3.33. The molecule has 148 valence electrons. The summed E-state index contributed by atoms with van der Waals surface area (Å²) in [5.41, 5.74) is 0.0732. The zero-order valence-electron chi connectivity index (χ0n) is 15.5. The number of carbonyl (C=O) groups excluding carboxylic acids is 1. The van der Waals surface area contributed by atoms with Gasteiger partial charge in [-0.1, -0.05) is 24.9 Å². The lowest BCUT2D eigenvalue weighted by Gasteiger charge is -2.13. The summed E-state index contributed by atoms with van der Waals surface area (Å²) in [6.45, 7) is 2.08. The molecule has 2 aromatic heterocycles. The van der Waals surface area contributed by atoms with E-state index in [-0.39, 0.29) is 12.1 Å². The van der Waals surface area contributed by atoms with Gasteiger partial charge in [-0.15, -0.1) is 11.3 Å². The van der Waals surface area contributed by atoms with Gasteiger partial charge in [0, 0.05) is 11.6 Å². The molecule has 0 spiro atoms. The second kappa shape index (κ2) is 8.62. The number of fused-ring (bicyclic) bond motifs is 1. The molecular formula is C19H20ClN3O4S. The molecule has 0 aliphatic rings. The van der Waals surface area contributed by atoms with Gasteiger partial charge in [0.15, 0.2) is 0 Å². The van der Waals surface area contributed by atoms with Crippen LogP contribution in [0.4, 0.5) is 5.69 Å². The lowest BCUT2D eigenvalue weighted by Crippen LogP contribution is -2.41. The Morgan fingerprint density at radius 3 is 2.75 bits per heavy atom. The fourth-order valence-electron chi connectivity index (χ4n) is 2.91. The molecule has 0 saturated carbocycles. The zero-order valence-corrected chi connectivity index (χ0v) is 17.1. The summed E-state index contributed by atoms with van der Waals surface area (Å²) >= 11 is 7.26. The molecule has 9 heteroatoms. The lowest BCUT2D eigenvalue weighted by molar-refractivity contribution is -0.116. The second-order valence-corrected chi connectivity index (χ2v) is 7.56. The van der Waals surface area contributed by atoms with Crippen LogP contribution in [0, 0.1) is 0 Å². The van der Waals surface area contributed by atoms with E-state index in [4.69, 9.17) is 16.3 Å². The minimum atomic E-state index is -0.488. The van der Waals surface area contributed by atoms with Crippen molar-refractivity contribution in [3.8, 4) is 5.75 Å². The number of thiophene rings is 1. The lowest BCUT2D eigenvalue weighted by atomic mass is 10.3. The number of hydrogen-bond donors (Lipinski definition) is 1. The number of amides is 1. The smallest absolute Gasteiger partial charge is 0.332 e. The standard InChI is InChI=1S/C19H20ClN3O4S/c1-3-4-8-22-18(25)17-14(7-9-28-17)23(19(22)26)11-16(24)21-13-10-12(20)5-6-15(13)27-2/h5-7,9-10H,3-4,8,11H2,1-2H3,(H,21,24). The van der Waals surface area contributed by atoms with E-state index in [1.165, 1.54) is 27.6 Å². The van der Waals surface area contributed by atoms with Crippen molar-refractivity contribution in [2.24, 2.45) is 0 Å². The van der Waals surface area contributed by atoms with E-state index in [1.807, 2.05) is 6.92 Å². The zero-order chi connectivity index (χ0) is 20.3. The van der Waals surface area contributed by atoms with Crippen molar-refractivity contribution in [2.45, 2.75) is 32.9 Å². The minimum Gasteiger partial charge on any atom is -0.495 e. The Kier molecular flexibility index (Phi) is 6.21. The number of hydrogen-bond acceptors (Lipinski definition) is 5. The summed E-state index contributed by atoms with van der Waals surface area (Å²) in [6, 6.07) is 6.55. The van der Waals surface area contributed by atoms with Gasteiger partial charge < -0.3 is 10.1 Å². The van der Waals surface area contributed by atoms with Crippen molar-refractivity contribution < 1.29 is 9.53 Å². The Hall–Kier alpha value is -2.58. The van der Waals surface area contributed by atoms with Crippen LogP contribution in [0.3, 0.4) is 0 Å². The van der Waals surface area contributed by atoms with Crippen LogP contribution in [0.2, 0.25) is 5.02 Å². The third-order valence-corrected chi connectivity index (χ3v) is 5.44. The van der Waals surface area contributed by atoms with Crippen LogP contribution >= 0.6 is 22.9 Å². The van der Waals surface area contributed by atoms with E-state index in [0.29, 0.717) is 39.6 Å². The first-order valence-corrected chi connectivity index (χ1v) is 10.1. The van der Waals surface area contributed by atoms with Gasteiger partial charge in [-0.05, 0) is 36.1 Å². The molecule has 3 rings (SSSR count). The summed E-state index contributed by atoms with van der Waals surface area (Å²) in [5, 5.41) is 4.91. The first-order chi connectivity index (χ1) is 13.5. The molecule has 0 saturated heterocycles. The largest absolute Gasteiger partial charge is 0.495 e. The Morgan fingerprint density at radius 2 is 2.04 bits per heavy atom. The van der Waals surface area contributed by atoms with Crippen LogP contribution < -0.4 is 21.3 Å². The number of anilines is 1. The molecule has 0 atom stereocenters. The topological polar surface area (TPSA) is 82.3 Å². The molecule has 28 heavy (non-hydrogen) atoms. The van der Waals surface area contributed by atoms with Crippen molar-refractivity contribution in [1.82, 2.24) is 9.13 Å². The monoisotopic (exact) mass is 421 g/mol. The predicted molar refractivity (Wildman–Crippen MR) is 112 cm³/mol. The van der Waals surface area contributed by atoms with Gasteiger partial charge in [0.2, 0.25) is 5.91 Å². The van der Waals surface area contributed by atoms with Crippen LogP contribution in [-0.4, -0.2) is 22.2 Å². The summed E-state index contributed by atoms with van der Waals surface area (Å²) in [5.74, 6) is 0.0366. The number of halogens is 1. The average molecular weight is 422 g/mol. The number of ether oxygens (including phenoxy) is 1. The van der Waals surface area contributed by atoms with Gasteiger partial charge in [0.05, 0.1) is 18.3 Å². The molecule has 1 amide bonds. The summed E-state index contributed by atoms with van der Waals surface area (Å²) in [7, 11) is 1.49. The summed E-state index contributed by atoms with van der Waals surface area (Å²) in [4.78, 5) is 38.1. The number of nitrogens with one attached hydrogen (secondary N) is 1. The van der Waals surface area contributed by atoms with Crippen molar-refractivity contribution in [1.29, 1.82) is 0 Å².